The van der Waals surface area contributed by atoms with Crippen LogP contribution in [0.25, 0.3) is 0 Å². The molecule has 250 valence electrons. The van der Waals surface area contributed by atoms with Crippen molar-refractivity contribution in [3.05, 3.63) is 23.3 Å². The van der Waals surface area contributed by atoms with Crippen LogP contribution in [-0.2, 0) is 47.7 Å². The van der Waals surface area contributed by atoms with Crippen LogP contribution in [0.15, 0.2) is 23.3 Å². The number of hydrogen-bond acceptors (Lipinski definition) is 15. The molecule has 3 aliphatic heterocycles. The molecule has 4 aliphatic carbocycles. The molecule has 0 amide bonds. The van der Waals surface area contributed by atoms with Gasteiger partial charge < -0.3 is 39.4 Å². The molecule has 3 saturated heterocycles. The van der Waals surface area contributed by atoms with Crippen molar-refractivity contribution in [1.29, 1.82) is 0 Å². The van der Waals surface area contributed by atoms with E-state index in [1.165, 1.54) is 12.2 Å². The van der Waals surface area contributed by atoms with E-state index in [1.807, 2.05) is 6.92 Å². The van der Waals surface area contributed by atoms with E-state index in [-0.39, 0.29) is 44.0 Å². The van der Waals surface area contributed by atoms with Gasteiger partial charge in [-0.1, -0.05) is 13.8 Å². The first-order valence-electron chi connectivity index (χ1n) is 15.0. The fourth-order valence-electron chi connectivity index (χ4n) is 9.25. The zero-order valence-electron chi connectivity index (χ0n) is 25.9. The van der Waals surface area contributed by atoms with Gasteiger partial charge in [0.05, 0.1) is 24.0 Å². The number of aliphatic hydroxyl groups is 4. The summed E-state index contributed by atoms with van der Waals surface area (Å²) >= 11 is 0. The number of nitrogens with one attached hydrogen (secondary N) is 1. The second kappa shape index (κ2) is 9.76. The number of methoxy groups -OCH3 is 1. The van der Waals surface area contributed by atoms with Gasteiger partial charge in [0.15, 0.2) is 23.3 Å². The van der Waals surface area contributed by atoms with Crippen LogP contribution in [-0.4, -0.2) is 112 Å². The molecule has 0 radical (unpaired) electrons. The number of carbonyl (C=O) groups excluding carboxylic acids is 6. The molecular weight excluding hydrogens is 610 g/mol. The SMILES string of the molecule is COC(=O)C(O)N[C@@H]1CC2(C)CC(=O)C=C2[C@]2(C)COC(=O)[C@]12O.C[C@H]1C(=O)C=C2[C@@]13C[C@@H](OC(=O)[C@H]3O)[C@@]1(O)C(=O)OC[C@@]21C. The number of rotatable bonds is 3. The van der Waals surface area contributed by atoms with Crippen LogP contribution in [0, 0.1) is 27.6 Å². The molecule has 15 heteroatoms. The van der Waals surface area contributed by atoms with Crippen LogP contribution in [0.1, 0.15) is 47.0 Å². The highest BCUT2D eigenvalue weighted by Gasteiger charge is 2.79. The van der Waals surface area contributed by atoms with E-state index in [1.54, 1.807) is 20.8 Å². The summed E-state index contributed by atoms with van der Waals surface area (Å²) in [4.78, 5) is 72.3. The van der Waals surface area contributed by atoms with Gasteiger partial charge in [-0.3, -0.25) is 14.9 Å². The van der Waals surface area contributed by atoms with Crippen molar-refractivity contribution in [2.75, 3.05) is 20.3 Å². The number of fused-ring (bicyclic) bond motifs is 7. The van der Waals surface area contributed by atoms with E-state index in [9.17, 15) is 49.2 Å². The van der Waals surface area contributed by atoms with Gasteiger partial charge in [0, 0.05) is 24.2 Å². The monoisotopic (exact) mass is 647 g/mol. The van der Waals surface area contributed by atoms with Gasteiger partial charge >= 0.3 is 23.9 Å². The topological polar surface area (TPSA) is 232 Å². The third kappa shape index (κ3) is 3.65. The maximum atomic E-state index is 12.3. The molecule has 0 aromatic heterocycles. The second-order valence-corrected chi connectivity index (χ2v) is 14.2. The van der Waals surface area contributed by atoms with Crippen LogP contribution >= 0.6 is 0 Å². The lowest BCUT2D eigenvalue weighted by molar-refractivity contribution is -0.232. The number of hydrogen-bond donors (Lipinski definition) is 5. The predicted molar refractivity (Wildman–Crippen MR) is 149 cm³/mol. The van der Waals surface area contributed by atoms with Crippen molar-refractivity contribution in [1.82, 2.24) is 5.32 Å². The predicted octanol–water partition coefficient (Wildman–Crippen LogP) is -1.86. The Balaban J connectivity index is 0.000000162. The quantitative estimate of drug-likeness (QED) is 0.128. The maximum absolute atomic E-state index is 12.3. The highest BCUT2D eigenvalue weighted by molar-refractivity contribution is 6.00. The number of aliphatic hydroxyl groups excluding tert-OH is 2. The minimum absolute atomic E-state index is 0.0276. The Hall–Kier alpha value is -3.50. The molecule has 1 spiro atoms. The van der Waals surface area contributed by atoms with Crippen molar-refractivity contribution in [3.63, 3.8) is 0 Å². The average molecular weight is 648 g/mol. The molecule has 5 fully saturated rings. The molecule has 15 nitrogen and oxygen atoms in total. The normalized spacial score (nSPS) is 47.1. The Morgan fingerprint density at radius 2 is 1.54 bits per heavy atom. The standard InChI is InChI=1S/C16H21NO7.C15H16O7/c1-14-5-8(18)4-9(14)15(2)7-24-13(21)16(15,22)10(6-14)17-11(19)12(20)23-3;1-6-7(16)3-8-13(2)5-21-12(19)15(13,20)9-4-14(6,8)10(17)11(18)22-9/h4,10-11,17,19,22H,5-7H2,1-3H3;3,6,9-10,17,20H,4-5H2,1-2H3/t10-,11?,14?,15+,16-;6-,9+,10+,13-,14+,15+/m10/s1. The fraction of sp³-hybridized carbons (Fsp3) is 0.677. The maximum Gasteiger partial charge on any atom is 0.350 e. The number of esters is 4. The molecule has 7 aliphatic rings. The molecule has 2 bridgehead atoms. The summed E-state index contributed by atoms with van der Waals surface area (Å²) in [6.45, 7) is 6.62. The average Bonchev–Trinajstić information content (AvgIpc) is 3.63. The minimum atomic E-state index is -2.03. The van der Waals surface area contributed by atoms with Gasteiger partial charge in [-0.15, -0.1) is 0 Å². The summed E-state index contributed by atoms with van der Waals surface area (Å²) in [5.74, 6) is -4.46. The Morgan fingerprint density at radius 1 is 0.957 bits per heavy atom. The van der Waals surface area contributed by atoms with E-state index in [0.29, 0.717) is 11.1 Å². The van der Waals surface area contributed by atoms with Gasteiger partial charge in [0.1, 0.15) is 19.3 Å². The largest absolute Gasteiger partial charge is 0.466 e. The van der Waals surface area contributed by atoms with E-state index in [4.69, 9.17) is 14.2 Å². The van der Waals surface area contributed by atoms with Crippen molar-refractivity contribution < 1.29 is 68.1 Å². The molecule has 5 N–H and O–H groups in total. The number of carbonyl (C=O) groups is 6. The van der Waals surface area contributed by atoms with Crippen LogP contribution < -0.4 is 5.32 Å². The van der Waals surface area contributed by atoms with Crippen LogP contribution in [0.5, 0.6) is 0 Å². The Labute approximate surface area is 262 Å². The van der Waals surface area contributed by atoms with Gasteiger partial charge in [-0.2, -0.15) is 0 Å². The smallest absolute Gasteiger partial charge is 0.350 e. The summed E-state index contributed by atoms with van der Waals surface area (Å²) in [5.41, 5.74) is -6.94. The highest BCUT2D eigenvalue weighted by atomic mass is 16.6. The molecule has 0 aromatic carbocycles. The first-order valence-corrected chi connectivity index (χ1v) is 15.0. The fourth-order valence-corrected chi connectivity index (χ4v) is 9.25. The zero-order chi connectivity index (χ0) is 34.0. The van der Waals surface area contributed by atoms with Crippen molar-refractivity contribution in [2.24, 2.45) is 27.6 Å². The van der Waals surface area contributed by atoms with Gasteiger partial charge in [-0.25, -0.2) is 19.2 Å². The molecule has 0 aromatic rings. The first-order chi connectivity index (χ1) is 21.3. The molecular formula is C31H37NO14. The molecule has 3 heterocycles. The summed E-state index contributed by atoms with van der Waals surface area (Å²) in [7, 11) is 1.12. The number of ether oxygens (including phenoxy) is 4. The van der Waals surface area contributed by atoms with Crippen molar-refractivity contribution >= 4 is 35.4 Å². The Bertz CT molecular complexity index is 1550. The van der Waals surface area contributed by atoms with Gasteiger partial charge in [-0.05, 0) is 49.0 Å². The summed E-state index contributed by atoms with van der Waals surface area (Å²) in [6.07, 6.45) is -1.01. The van der Waals surface area contributed by atoms with Crippen molar-refractivity contribution in [2.45, 2.75) is 82.6 Å². The molecule has 11 atom stereocenters. The second-order valence-electron chi connectivity index (χ2n) is 14.2. The van der Waals surface area contributed by atoms with E-state index in [2.05, 4.69) is 10.1 Å². The van der Waals surface area contributed by atoms with Crippen molar-refractivity contribution in [3.8, 4) is 0 Å². The Kier molecular flexibility index (Phi) is 6.89. The lowest BCUT2D eigenvalue weighted by Crippen LogP contribution is -2.71. The third-order valence-electron chi connectivity index (χ3n) is 11.9. The lowest BCUT2D eigenvalue weighted by Gasteiger charge is -2.57. The Morgan fingerprint density at radius 3 is 2.15 bits per heavy atom. The summed E-state index contributed by atoms with van der Waals surface area (Å²) in [6, 6.07) is -0.973. The molecule has 7 rings (SSSR count). The third-order valence-corrected chi connectivity index (χ3v) is 11.9. The molecule has 2 unspecified atom stereocenters. The lowest BCUT2D eigenvalue weighted by atomic mass is 9.49. The number of cyclic esters (lactones) is 2. The minimum Gasteiger partial charge on any atom is -0.466 e. The summed E-state index contributed by atoms with van der Waals surface area (Å²) < 4.78 is 19.8. The van der Waals surface area contributed by atoms with Crippen LogP contribution in [0.2, 0.25) is 0 Å². The van der Waals surface area contributed by atoms with E-state index in [0.717, 1.165) is 7.11 Å². The van der Waals surface area contributed by atoms with Crippen LogP contribution in [0.4, 0.5) is 0 Å². The molecule has 2 saturated carbocycles. The zero-order valence-corrected chi connectivity index (χ0v) is 25.9. The number of ketones is 2. The van der Waals surface area contributed by atoms with E-state index < -0.39 is 87.1 Å². The summed E-state index contributed by atoms with van der Waals surface area (Å²) in [5, 5.41) is 45.1. The van der Waals surface area contributed by atoms with Gasteiger partial charge in [0.2, 0.25) is 11.8 Å². The van der Waals surface area contributed by atoms with Crippen LogP contribution in [0.3, 0.4) is 0 Å². The first kappa shape index (κ1) is 32.4. The van der Waals surface area contributed by atoms with Gasteiger partial charge in [0.25, 0.3) is 0 Å². The highest BCUT2D eigenvalue weighted by Crippen LogP contribution is 2.67. The van der Waals surface area contributed by atoms with E-state index >= 15 is 0 Å². The molecule has 46 heavy (non-hydrogen) atoms. The number of allylic oxidation sites excluding steroid dienone is 2.